The summed E-state index contributed by atoms with van der Waals surface area (Å²) in [5.74, 6) is 5.87. The second-order valence-electron chi connectivity index (χ2n) is 4.09. The van der Waals surface area contributed by atoms with Gasteiger partial charge in [0.2, 0.25) is 5.91 Å². The van der Waals surface area contributed by atoms with Crippen molar-refractivity contribution in [2.24, 2.45) is 0 Å². The van der Waals surface area contributed by atoms with Crippen LogP contribution in [0.2, 0.25) is 0 Å². The van der Waals surface area contributed by atoms with Gasteiger partial charge in [0.15, 0.2) is 0 Å². The lowest BCUT2D eigenvalue weighted by atomic mass is 10.1. The number of benzene rings is 1. The second kappa shape index (κ2) is 5.37. The maximum Gasteiger partial charge on any atom is 0.251 e. The molecule has 1 heterocycles. The highest BCUT2D eigenvalue weighted by molar-refractivity contribution is 5.98. The zero-order valence-electron chi connectivity index (χ0n) is 10.2. The van der Waals surface area contributed by atoms with Gasteiger partial charge in [-0.15, -0.1) is 0 Å². The van der Waals surface area contributed by atoms with E-state index in [1.165, 1.54) is 6.92 Å². The maximum atomic E-state index is 11.5. The Kier molecular flexibility index (Phi) is 3.63. The zero-order chi connectivity index (χ0) is 13.0. The van der Waals surface area contributed by atoms with Crippen molar-refractivity contribution < 1.29 is 9.59 Å². The van der Waals surface area contributed by atoms with Gasteiger partial charge in [0.25, 0.3) is 5.91 Å². The first-order valence-corrected chi connectivity index (χ1v) is 5.81. The Hall–Kier alpha value is -2.28. The number of carbonyl (C=O) groups is 2. The fourth-order valence-corrected chi connectivity index (χ4v) is 1.76. The number of rotatable bonds is 2. The Balaban J connectivity index is 1.98. The normalized spacial score (nSPS) is 12.2. The molecule has 0 bridgehead atoms. The summed E-state index contributed by atoms with van der Waals surface area (Å²) in [6, 6.07) is 5.64. The van der Waals surface area contributed by atoms with Crippen LogP contribution in [-0.2, 0) is 11.3 Å². The molecule has 0 atom stereocenters. The highest BCUT2D eigenvalue weighted by atomic mass is 16.2. The highest BCUT2D eigenvalue weighted by Crippen LogP contribution is 2.16. The first-order valence-electron chi connectivity index (χ1n) is 5.81. The number of carbonyl (C=O) groups excluding carboxylic acids is 2. The van der Waals surface area contributed by atoms with E-state index in [-0.39, 0.29) is 11.8 Å². The number of hydrogen-bond donors (Lipinski definition) is 2. The number of fused-ring (bicyclic) bond motifs is 1. The molecule has 0 aromatic heterocycles. The van der Waals surface area contributed by atoms with Crippen LogP contribution in [-0.4, -0.2) is 18.4 Å². The number of hydrogen-bond acceptors (Lipinski definition) is 2. The van der Waals surface area contributed by atoms with Gasteiger partial charge in [0.05, 0.1) is 0 Å². The van der Waals surface area contributed by atoms with Gasteiger partial charge < -0.3 is 10.6 Å². The van der Waals surface area contributed by atoms with E-state index in [0.717, 1.165) is 11.1 Å². The van der Waals surface area contributed by atoms with Crippen molar-refractivity contribution in [1.29, 1.82) is 0 Å². The maximum absolute atomic E-state index is 11.5. The molecule has 0 aliphatic carbocycles. The highest BCUT2D eigenvalue weighted by Gasteiger charge is 2.17. The molecule has 1 aromatic carbocycles. The van der Waals surface area contributed by atoms with Gasteiger partial charge in [-0.05, 0) is 17.7 Å². The Morgan fingerprint density at radius 3 is 3.11 bits per heavy atom. The Labute approximate surface area is 106 Å². The van der Waals surface area contributed by atoms with E-state index in [2.05, 4.69) is 22.5 Å². The molecule has 4 heteroatoms. The molecule has 1 aliphatic rings. The van der Waals surface area contributed by atoms with Crippen molar-refractivity contribution in [1.82, 2.24) is 10.6 Å². The predicted octanol–water partition coefficient (Wildman–Crippen LogP) is 0.808. The van der Waals surface area contributed by atoms with Gasteiger partial charge in [0.1, 0.15) is 0 Å². The summed E-state index contributed by atoms with van der Waals surface area (Å²) in [5, 5.41) is 5.44. The molecule has 4 nitrogen and oxygen atoms in total. The number of nitrogens with one attached hydrogen (secondary N) is 2. The third kappa shape index (κ3) is 2.89. The average molecular weight is 242 g/mol. The molecule has 0 unspecified atom stereocenters. The quantitative estimate of drug-likeness (QED) is 0.595. The van der Waals surface area contributed by atoms with Gasteiger partial charge in [-0.3, -0.25) is 9.59 Å². The molecule has 18 heavy (non-hydrogen) atoms. The van der Waals surface area contributed by atoms with E-state index < -0.39 is 0 Å². The van der Waals surface area contributed by atoms with Crippen molar-refractivity contribution in [2.45, 2.75) is 19.9 Å². The predicted molar refractivity (Wildman–Crippen MR) is 67.8 cm³/mol. The third-order valence-corrected chi connectivity index (χ3v) is 2.65. The van der Waals surface area contributed by atoms with E-state index in [0.29, 0.717) is 25.1 Å². The second-order valence-corrected chi connectivity index (χ2v) is 4.09. The van der Waals surface area contributed by atoms with Crippen molar-refractivity contribution in [3.8, 4) is 11.8 Å². The minimum atomic E-state index is -0.0500. The van der Waals surface area contributed by atoms with Gasteiger partial charge >= 0.3 is 0 Å². The van der Waals surface area contributed by atoms with Crippen LogP contribution in [0.25, 0.3) is 0 Å². The van der Waals surface area contributed by atoms with Crippen LogP contribution in [0.3, 0.4) is 0 Å². The lowest BCUT2D eigenvalue weighted by molar-refractivity contribution is -0.118. The van der Waals surface area contributed by atoms with Crippen LogP contribution < -0.4 is 10.6 Å². The van der Waals surface area contributed by atoms with Crippen molar-refractivity contribution in [3.05, 3.63) is 34.9 Å². The fraction of sp³-hybridized carbons (Fsp3) is 0.286. The van der Waals surface area contributed by atoms with E-state index in [1.807, 2.05) is 18.2 Å². The van der Waals surface area contributed by atoms with Crippen LogP contribution in [0.4, 0.5) is 0 Å². The van der Waals surface area contributed by atoms with Crippen molar-refractivity contribution in [3.63, 3.8) is 0 Å². The third-order valence-electron chi connectivity index (χ3n) is 2.65. The molecule has 2 amide bonds. The van der Waals surface area contributed by atoms with Crippen LogP contribution in [0.15, 0.2) is 18.2 Å². The SMILES string of the molecule is CC(=O)NCCC#Cc1ccc2c(c1)C(=O)NC2. The Morgan fingerprint density at radius 2 is 2.33 bits per heavy atom. The molecule has 0 saturated carbocycles. The summed E-state index contributed by atoms with van der Waals surface area (Å²) in [5.41, 5.74) is 2.56. The van der Waals surface area contributed by atoms with E-state index >= 15 is 0 Å². The molecule has 2 N–H and O–H groups in total. The molecule has 1 aliphatic heterocycles. The molecular weight excluding hydrogens is 228 g/mol. The lowest BCUT2D eigenvalue weighted by Crippen LogP contribution is -2.20. The van der Waals surface area contributed by atoms with Crippen LogP contribution in [0, 0.1) is 11.8 Å². The minimum Gasteiger partial charge on any atom is -0.355 e. The van der Waals surface area contributed by atoms with Gasteiger partial charge in [-0.25, -0.2) is 0 Å². The Morgan fingerprint density at radius 1 is 1.50 bits per heavy atom. The van der Waals surface area contributed by atoms with Crippen LogP contribution in [0.5, 0.6) is 0 Å². The molecular formula is C14H14N2O2. The number of amides is 2. The van der Waals surface area contributed by atoms with E-state index in [9.17, 15) is 9.59 Å². The van der Waals surface area contributed by atoms with Gasteiger partial charge in [-0.1, -0.05) is 17.9 Å². The summed E-state index contributed by atoms with van der Waals surface area (Å²) >= 11 is 0. The molecule has 92 valence electrons. The first kappa shape index (κ1) is 12.2. The lowest BCUT2D eigenvalue weighted by Gasteiger charge is -1.97. The molecule has 0 spiro atoms. The zero-order valence-corrected chi connectivity index (χ0v) is 10.2. The monoisotopic (exact) mass is 242 g/mol. The molecule has 2 rings (SSSR count). The summed E-state index contributed by atoms with van der Waals surface area (Å²) in [6.45, 7) is 2.63. The first-order chi connectivity index (χ1) is 8.66. The standard InChI is InChI=1S/C14H14N2O2/c1-10(17)15-7-3-2-4-11-5-6-12-9-16-14(18)13(12)8-11/h5-6,8H,3,7,9H2,1H3,(H,15,17)(H,16,18). The summed E-state index contributed by atoms with van der Waals surface area (Å²) in [6.07, 6.45) is 0.600. The van der Waals surface area contributed by atoms with Crippen molar-refractivity contribution >= 4 is 11.8 Å². The van der Waals surface area contributed by atoms with Crippen LogP contribution in [0.1, 0.15) is 34.8 Å². The smallest absolute Gasteiger partial charge is 0.251 e. The van der Waals surface area contributed by atoms with Gasteiger partial charge in [-0.2, -0.15) is 0 Å². The molecule has 0 saturated heterocycles. The van der Waals surface area contributed by atoms with Crippen LogP contribution >= 0.6 is 0 Å². The Bertz CT molecular complexity index is 553. The van der Waals surface area contributed by atoms with E-state index in [1.54, 1.807) is 0 Å². The summed E-state index contributed by atoms with van der Waals surface area (Å²) < 4.78 is 0. The molecule has 1 aromatic rings. The van der Waals surface area contributed by atoms with Crippen molar-refractivity contribution in [2.75, 3.05) is 6.54 Å². The molecule has 0 fully saturated rings. The minimum absolute atomic E-state index is 0.0353. The van der Waals surface area contributed by atoms with Gasteiger partial charge in [0, 0.05) is 37.6 Å². The largest absolute Gasteiger partial charge is 0.355 e. The average Bonchev–Trinajstić information content (AvgIpc) is 2.70. The summed E-state index contributed by atoms with van der Waals surface area (Å²) in [4.78, 5) is 22.1. The topological polar surface area (TPSA) is 58.2 Å². The fourth-order valence-electron chi connectivity index (χ4n) is 1.76. The summed E-state index contributed by atoms with van der Waals surface area (Å²) in [7, 11) is 0. The van der Waals surface area contributed by atoms with E-state index in [4.69, 9.17) is 0 Å². The molecule has 0 radical (unpaired) electrons.